The molecule has 0 saturated heterocycles. The lowest BCUT2D eigenvalue weighted by molar-refractivity contribution is -0.122. The van der Waals surface area contributed by atoms with Crippen LogP contribution in [0.15, 0.2) is 61.2 Å². The van der Waals surface area contributed by atoms with Crippen molar-refractivity contribution in [3.63, 3.8) is 0 Å². The van der Waals surface area contributed by atoms with Crippen molar-refractivity contribution in [1.82, 2.24) is 24.7 Å². The second-order valence-electron chi connectivity index (χ2n) is 10.1. The van der Waals surface area contributed by atoms with Crippen LogP contribution in [0.1, 0.15) is 60.1 Å². The molecule has 4 aromatic rings. The van der Waals surface area contributed by atoms with Gasteiger partial charge in [-0.2, -0.15) is 5.26 Å². The normalized spacial score (nSPS) is 13.4. The number of fused-ring (bicyclic) bond motifs is 1. The quantitative estimate of drug-likeness (QED) is 0.226. The zero-order valence-corrected chi connectivity index (χ0v) is 23.1. The van der Waals surface area contributed by atoms with E-state index in [2.05, 4.69) is 25.6 Å². The summed E-state index contributed by atoms with van der Waals surface area (Å²) in [7, 11) is 0. The maximum atomic E-state index is 12.7. The highest BCUT2D eigenvalue weighted by Crippen LogP contribution is 2.28. The van der Waals surface area contributed by atoms with Gasteiger partial charge < -0.3 is 21.1 Å². The lowest BCUT2D eigenvalue weighted by Gasteiger charge is -2.11. The number of nitriles is 1. The molecule has 4 N–H and O–H groups in total. The number of rotatable bonds is 11. The summed E-state index contributed by atoms with van der Waals surface area (Å²) < 4.78 is 7.51. The first-order valence-electron chi connectivity index (χ1n) is 13.9. The molecule has 0 radical (unpaired) electrons. The molecule has 5 rings (SSSR count). The summed E-state index contributed by atoms with van der Waals surface area (Å²) in [5, 5.41) is 14.8. The highest BCUT2D eigenvalue weighted by molar-refractivity contribution is 6.04. The molecule has 42 heavy (non-hydrogen) atoms. The summed E-state index contributed by atoms with van der Waals surface area (Å²) in [5.41, 5.74) is 9.96. The number of benzene rings is 1. The smallest absolute Gasteiger partial charge is 0.256 e. The van der Waals surface area contributed by atoms with Gasteiger partial charge in [0.05, 0.1) is 42.4 Å². The third-order valence-electron chi connectivity index (χ3n) is 7.09. The van der Waals surface area contributed by atoms with Crippen molar-refractivity contribution in [2.24, 2.45) is 0 Å². The van der Waals surface area contributed by atoms with Crippen LogP contribution in [0, 0.1) is 11.3 Å². The van der Waals surface area contributed by atoms with Gasteiger partial charge in [-0.3, -0.25) is 14.0 Å². The van der Waals surface area contributed by atoms with Gasteiger partial charge in [-0.15, -0.1) is 0 Å². The first-order valence-corrected chi connectivity index (χ1v) is 13.9. The first-order chi connectivity index (χ1) is 20.5. The van der Waals surface area contributed by atoms with E-state index in [1.165, 1.54) is 25.1 Å². The van der Waals surface area contributed by atoms with E-state index in [1.54, 1.807) is 42.9 Å². The number of anilines is 2. The zero-order valence-electron chi connectivity index (χ0n) is 23.1. The number of hydrogen-bond acceptors (Lipinski definition) is 8. The minimum atomic E-state index is -0.344. The fourth-order valence-electron chi connectivity index (χ4n) is 4.91. The SMILES string of the molecule is N#Cc1ccnc(NC(=O)c2ccc(-c3ncn4c(/C=C/CCOCCC(=O)NC5CCCC5)cnc(N)c34)cc2)c1. The number of ether oxygens (including phenoxy) is 1. The van der Waals surface area contributed by atoms with Crippen LogP contribution in [0.25, 0.3) is 22.9 Å². The van der Waals surface area contributed by atoms with Crippen molar-refractivity contribution in [3.05, 3.63) is 78.0 Å². The average Bonchev–Trinajstić information content (AvgIpc) is 3.69. The number of carbonyl (C=O) groups excluding carboxylic acids is 2. The Kier molecular flexibility index (Phi) is 9.16. The van der Waals surface area contributed by atoms with Gasteiger partial charge in [0.15, 0.2) is 0 Å². The molecule has 11 heteroatoms. The highest BCUT2D eigenvalue weighted by Gasteiger charge is 2.17. The number of aromatic nitrogens is 4. The number of nitrogens with one attached hydrogen (secondary N) is 2. The Balaban J connectivity index is 1.17. The van der Waals surface area contributed by atoms with Crippen LogP contribution in [0.5, 0.6) is 0 Å². The zero-order chi connectivity index (χ0) is 29.3. The molecule has 1 saturated carbocycles. The van der Waals surface area contributed by atoms with Gasteiger partial charge in [0, 0.05) is 29.8 Å². The lowest BCUT2D eigenvalue weighted by Crippen LogP contribution is -2.33. The molecule has 3 aromatic heterocycles. The summed E-state index contributed by atoms with van der Waals surface area (Å²) >= 11 is 0. The van der Waals surface area contributed by atoms with E-state index in [-0.39, 0.29) is 11.8 Å². The van der Waals surface area contributed by atoms with Crippen molar-refractivity contribution >= 4 is 35.0 Å². The van der Waals surface area contributed by atoms with Gasteiger partial charge in [-0.25, -0.2) is 15.0 Å². The van der Waals surface area contributed by atoms with E-state index in [0.29, 0.717) is 66.1 Å². The Morgan fingerprint density at radius 3 is 2.71 bits per heavy atom. The molecule has 0 spiro atoms. The van der Waals surface area contributed by atoms with Crippen LogP contribution in [0.4, 0.5) is 11.6 Å². The van der Waals surface area contributed by atoms with Crippen LogP contribution in [-0.4, -0.2) is 50.4 Å². The predicted octanol–water partition coefficient (Wildman–Crippen LogP) is 4.37. The average molecular weight is 565 g/mol. The molecule has 2 amide bonds. The molecule has 1 aliphatic rings. The number of carbonyl (C=O) groups is 2. The van der Waals surface area contributed by atoms with Crippen molar-refractivity contribution in [2.75, 3.05) is 24.3 Å². The Morgan fingerprint density at radius 1 is 1.12 bits per heavy atom. The molecular weight excluding hydrogens is 532 g/mol. The first kappa shape index (κ1) is 28.4. The summed E-state index contributed by atoms with van der Waals surface area (Å²) in [6.07, 6.45) is 14.4. The number of nitrogen functional groups attached to an aromatic ring is 1. The van der Waals surface area contributed by atoms with Crippen molar-refractivity contribution in [1.29, 1.82) is 5.26 Å². The largest absolute Gasteiger partial charge is 0.382 e. The third-order valence-corrected chi connectivity index (χ3v) is 7.09. The molecule has 0 unspecified atom stereocenters. The molecular formula is C31H32N8O3. The molecule has 0 bridgehead atoms. The molecule has 1 aromatic carbocycles. The second-order valence-corrected chi connectivity index (χ2v) is 10.1. The van der Waals surface area contributed by atoms with Crippen LogP contribution < -0.4 is 16.4 Å². The Labute approximate surface area is 243 Å². The van der Waals surface area contributed by atoms with E-state index in [4.69, 9.17) is 15.7 Å². The fraction of sp³-hybridized carbons (Fsp3) is 0.290. The number of pyridine rings is 1. The van der Waals surface area contributed by atoms with Gasteiger partial charge in [0.25, 0.3) is 5.91 Å². The monoisotopic (exact) mass is 564 g/mol. The molecule has 3 heterocycles. The molecule has 214 valence electrons. The van der Waals surface area contributed by atoms with Crippen LogP contribution in [0.2, 0.25) is 0 Å². The molecule has 1 fully saturated rings. The molecule has 1 aliphatic carbocycles. The standard InChI is InChI=1S/C31H32N8O3/c32-18-21-12-14-34-26(17-21)38-31(41)23-10-8-22(9-11-23)28-29-30(33)35-19-25(39(29)20-36-28)7-3-4-15-42-16-13-27(40)37-24-5-1-2-6-24/h3,7-12,14,17,19-20,24H,1-2,4-6,13,15-16H2,(H2,33,35)(H,37,40)(H,34,38,41)/b7-3+. The van der Waals surface area contributed by atoms with E-state index < -0.39 is 0 Å². The summed E-state index contributed by atoms with van der Waals surface area (Å²) in [6.45, 7) is 0.907. The van der Waals surface area contributed by atoms with Crippen molar-refractivity contribution < 1.29 is 14.3 Å². The highest BCUT2D eigenvalue weighted by atomic mass is 16.5. The van der Waals surface area contributed by atoms with Crippen molar-refractivity contribution in [3.8, 4) is 17.3 Å². The van der Waals surface area contributed by atoms with Gasteiger partial charge in [0.2, 0.25) is 5.91 Å². The number of nitrogens with zero attached hydrogens (tertiary/aromatic N) is 5. The van der Waals surface area contributed by atoms with E-state index in [0.717, 1.165) is 24.1 Å². The van der Waals surface area contributed by atoms with Crippen molar-refractivity contribution in [2.45, 2.75) is 44.6 Å². The minimum Gasteiger partial charge on any atom is -0.382 e. The van der Waals surface area contributed by atoms with Gasteiger partial charge >= 0.3 is 0 Å². The Bertz CT molecular complexity index is 1630. The number of amides is 2. The minimum absolute atomic E-state index is 0.0567. The second kappa shape index (κ2) is 13.5. The number of hydrogen-bond donors (Lipinski definition) is 3. The van der Waals surface area contributed by atoms with E-state index in [1.807, 2.05) is 22.6 Å². The van der Waals surface area contributed by atoms with Crippen LogP contribution >= 0.6 is 0 Å². The van der Waals surface area contributed by atoms with Crippen LogP contribution in [0.3, 0.4) is 0 Å². The molecule has 0 aliphatic heterocycles. The Hall–Kier alpha value is -5.08. The van der Waals surface area contributed by atoms with Gasteiger partial charge in [0.1, 0.15) is 23.5 Å². The van der Waals surface area contributed by atoms with Gasteiger partial charge in [-0.1, -0.05) is 31.1 Å². The predicted molar refractivity (Wildman–Crippen MR) is 159 cm³/mol. The molecule has 0 atom stereocenters. The number of nitrogens with two attached hydrogens (primary N) is 1. The van der Waals surface area contributed by atoms with Gasteiger partial charge in [-0.05, 0) is 49.6 Å². The maximum Gasteiger partial charge on any atom is 0.256 e. The molecule has 11 nitrogen and oxygen atoms in total. The maximum absolute atomic E-state index is 12.7. The summed E-state index contributed by atoms with van der Waals surface area (Å²) in [4.78, 5) is 37.7. The van der Waals surface area contributed by atoms with E-state index >= 15 is 0 Å². The third kappa shape index (κ3) is 6.97. The summed E-state index contributed by atoms with van der Waals surface area (Å²) in [5.74, 6) is 0.352. The fourth-order valence-corrected chi connectivity index (χ4v) is 4.91. The summed E-state index contributed by atoms with van der Waals surface area (Å²) in [6, 6.07) is 12.4. The van der Waals surface area contributed by atoms with Crippen LogP contribution in [-0.2, 0) is 9.53 Å². The number of imidazole rings is 1. The van der Waals surface area contributed by atoms with E-state index in [9.17, 15) is 9.59 Å². The lowest BCUT2D eigenvalue weighted by atomic mass is 10.1. The Morgan fingerprint density at radius 2 is 1.93 bits per heavy atom. The topological polar surface area (TPSA) is 160 Å².